The second-order valence-corrected chi connectivity index (χ2v) is 6.26. The minimum absolute atomic E-state index is 0.382. The monoisotopic (exact) mass is 328 g/mol. The lowest BCUT2D eigenvalue weighted by Gasteiger charge is -2.22. The van der Waals surface area contributed by atoms with Crippen molar-refractivity contribution in [1.29, 1.82) is 0 Å². The van der Waals surface area contributed by atoms with Crippen molar-refractivity contribution < 1.29 is 4.74 Å². The highest BCUT2D eigenvalue weighted by molar-refractivity contribution is 6.30. The first-order chi connectivity index (χ1) is 11.3. The first kappa shape index (κ1) is 15.9. The van der Waals surface area contributed by atoms with Gasteiger partial charge < -0.3 is 4.74 Å². The van der Waals surface area contributed by atoms with Crippen molar-refractivity contribution >= 4 is 23.5 Å². The number of hydrogen-bond donors (Lipinski definition) is 1. The largest absolute Gasteiger partial charge is 0.490 e. The van der Waals surface area contributed by atoms with Crippen LogP contribution in [-0.2, 0) is 0 Å². The van der Waals surface area contributed by atoms with Crippen molar-refractivity contribution in [2.75, 3.05) is 5.43 Å². The van der Waals surface area contributed by atoms with Crippen molar-refractivity contribution in [3.8, 4) is 5.75 Å². The van der Waals surface area contributed by atoms with E-state index in [2.05, 4.69) is 10.5 Å². The zero-order valence-electron chi connectivity index (χ0n) is 13.0. The maximum Gasteiger partial charge on any atom is 0.119 e. The van der Waals surface area contributed by atoms with Crippen LogP contribution in [0.4, 0.5) is 5.69 Å². The van der Waals surface area contributed by atoms with E-state index in [0.717, 1.165) is 17.0 Å². The number of ether oxygens (including phenoxy) is 1. The van der Waals surface area contributed by atoms with Gasteiger partial charge >= 0.3 is 0 Å². The Labute approximate surface area is 142 Å². The second-order valence-electron chi connectivity index (χ2n) is 5.83. The highest BCUT2D eigenvalue weighted by Crippen LogP contribution is 2.23. The fourth-order valence-corrected chi connectivity index (χ4v) is 2.94. The highest BCUT2D eigenvalue weighted by Gasteiger charge is 2.14. The Bertz CT molecular complexity index is 649. The van der Waals surface area contributed by atoms with E-state index in [9.17, 15) is 0 Å². The molecule has 0 radical (unpaired) electrons. The summed E-state index contributed by atoms with van der Waals surface area (Å²) in [5, 5.41) is 4.91. The average Bonchev–Trinajstić information content (AvgIpc) is 2.58. The Hall–Kier alpha value is -2.00. The molecule has 0 heterocycles. The molecule has 0 saturated heterocycles. The van der Waals surface area contributed by atoms with Gasteiger partial charge in [-0.2, -0.15) is 5.10 Å². The molecule has 0 aliphatic heterocycles. The van der Waals surface area contributed by atoms with Crippen molar-refractivity contribution in [3.63, 3.8) is 0 Å². The van der Waals surface area contributed by atoms with Gasteiger partial charge in [0.2, 0.25) is 0 Å². The summed E-state index contributed by atoms with van der Waals surface area (Å²) >= 11 is 5.93. The molecule has 3 nitrogen and oxygen atoms in total. The molecule has 0 atom stereocenters. The molecular formula is C19H21ClN2O. The van der Waals surface area contributed by atoms with Crippen molar-refractivity contribution in [2.24, 2.45) is 5.10 Å². The van der Waals surface area contributed by atoms with Gasteiger partial charge in [0.25, 0.3) is 0 Å². The normalized spacial score (nSPS) is 15.7. The SMILES string of the molecule is Clc1cccc(NN=Cc2ccc(OC3CCCCC3)cc2)c1. The van der Waals surface area contributed by atoms with Crippen LogP contribution in [-0.4, -0.2) is 12.3 Å². The van der Waals surface area contributed by atoms with Crippen LogP contribution in [0.1, 0.15) is 37.7 Å². The quantitative estimate of drug-likeness (QED) is 0.581. The van der Waals surface area contributed by atoms with E-state index in [1.807, 2.05) is 48.5 Å². The van der Waals surface area contributed by atoms with Crippen LogP contribution in [0.2, 0.25) is 5.02 Å². The lowest BCUT2D eigenvalue weighted by atomic mass is 9.98. The lowest BCUT2D eigenvalue weighted by Crippen LogP contribution is -2.19. The molecule has 0 bridgehead atoms. The summed E-state index contributed by atoms with van der Waals surface area (Å²) in [6, 6.07) is 15.5. The van der Waals surface area contributed by atoms with Gasteiger partial charge in [-0.3, -0.25) is 5.43 Å². The van der Waals surface area contributed by atoms with Gasteiger partial charge in [-0.05, 0) is 73.7 Å². The van der Waals surface area contributed by atoms with Gasteiger partial charge in [0.15, 0.2) is 0 Å². The molecule has 1 fully saturated rings. The third-order valence-electron chi connectivity index (χ3n) is 3.97. The number of rotatable bonds is 5. The standard InChI is InChI=1S/C19H21ClN2O/c20-16-5-4-6-17(13-16)22-21-14-15-9-11-19(12-10-15)23-18-7-2-1-3-8-18/h4-6,9-14,18,22H,1-3,7-8H2. The summed E-state index contributed by atoms with van der Waals surface area (Å²) in [4.78, 5) is 0. The fourth-order valence-electron chi connectivity index (χ4n) is 2.75. The van der Waals surface area contributed by atoms with E-state index in [1.165, 1.54) is 32.1 Å². The molecule has 2 aromatic carbocycles. The smallest absolute Gasteiger partial charge is 0.119 e. The van der Waals surface area contributed by atoms with Crippen LogP contribution in [0, 0.1) is 0 Å². The highest BCUT2D eigenvalue weighted by atomic mass is 35.5. The van der Waals surface area contributed by atoms with Gasteiger partial charge in [0.05, 0.1) is 18.0 Å². The average molecular weight is 329 g/mol. The van der Waals surface area contributed by atoms with E-state index in [4.69, 9.17) is 16.3 Å². The molecule has 1 aliphatic carbocycles. The van der Waals surface area contributed by atoms with Crippen LogP contribution < -0.4 is 10.2 Å². The van der Waals surface area contributed by atoms with E-state index in [-0.39, 0.29) is 0 Å². The summed E-state index contributed by atoms with van der Waals surface area (Å²) in [5.74, 6) is 0.942. The zero-order chi connectivity index (χ0) is 15.9. The number of halogens is 1. The summed E-state index contributed by atoms with van der Waals surface area (Å²) in [6.45, 7) is 0. The second kappa shape index (κ2) is 8.02. The van der Waals surface area contributed by atoms with Gasteiger partial charge in [-0.25, -0.2) is 0 Å². The Morgan fingerprint density at radius 3 is 2.57 bits per heavy atom. The van der Waals surface area contributed by atoms with E-state index < -0.39 is 0 Å². The van der Waals surface area contributed by atoms with Crippen LogP contribution in [0.3, 0.4) is 0 Å². The molecule has 3 rings (SSSR count). The Morgan fingerprint density at radius 2 is 1.83 bits per heavy atom. The van der Waals surface area contributed by atoms with Gasteiger partial charge in [0, 0.05) is 5.02 Å². The van der Waals surface area contributed by atoms with Gasteiger partial charge in [-0.1, -0.05) is 24.1 Å². The van der Waals surface area contributed by atoms with Crippen molar-refractivity contribution in [1.82, 2.24) is 0 Å². The molecule has 0 aromatic heterocycles. The van der Waals surface area contributed by atoms with Crippen molar-refractivity contribution in [3.05, 3.63) is 59.1 Å². The third-order valence-corrected chi connectivity index (χ3v) is 4.20. The maximum absolute atomic E-state index is 6.02. The van der Waals surface area contributed by atoms with Crippen LogP contribution in [0.25, 0.3) is 0 Å². The summed E-state index contributed by atoms with van der Waals surface area (Å²) < 4.78 is 6.02. The molecular weight excluding hydrogens is 308 g/mol. The van der Waals surface area contributed by atoms with Crippen molar-refractivity contribution in [2.45, 2.75) is 38.2 Å². The number of benzene rings is 2. The van der Waals surface area contributed by atoms with E-state index >= 15 is 0 Å². The van der Waals surface area contributed by atoms with Gasteiger partial charge in [-0.15, -0.1) is 0 Å². The number of hydrazone groups is 1. The molecule has 0 spiro atoms. The van der Waals surface area contributed by atoms with E-state index in [1.54, 1.807) is 6.21 Å². The topological polar surface area (TPSA) is 33.6 Å². The zero-order valence-corrected chi connectivity index (χ0v) is 13.8. The number of nitrogens with zero attached hydrogens (tertiary/aromatic N) is 1. The molecule has 4 heteroatoms. The predicted molar refractivity (Wildman–Crippen MR) is 96.6 cm³/mol. The third kappa shape index (κ3) is 5.00. The van der Waals surface area contributed by atoms with Crippen LogP contribution in [0.5, 0.6) is 5.75 Å². The summed E-state index contributed by atoms with van der Waals surface area (Å²) in [6.07, 6.45) is 8.42. The van der Waals surface area contributed by atoms with Gasteiger partial charge in [0.1, 0.15) is 5.75 Å². The van der Waals surface area contributed by atoms with E-state index in [0.29, 0.717) is 11.1 Å². The summed E-state index contributed by atoms with van der Waals surface area (Å²) in [5.41, 5.74) is 4.86. The minimum Gasteiger partial charge on any atom is -0.490 e. The Balaban J connectivity index is 1.53. The van der Waals surface area contributed by atoms with Crippen LogP contribution in [0.15, 0.2) is 53.6 Å². The molecule has 1 aliphatic rings. The Kier molecular flexibility index (Phi) is 5.54. The Morgan fingerprint density at radius 1 is 1.04 bits per heavy atom. The molecule has 2 aromatic rings. The minimum atomic E-state index is 0.382. The number of nitrogens with one attached hydrogen (secondary N) is 1. The predicted octanol–water partition coefficient (Wildman–Crippen LogP) is 5.50. The molecule has 1 saturated carbocycles. The fraction of sp³-hybridized carbons (Fsp3) is 0.316. The first-order valence-corrected chi connectivity index (χ1v) is 8.49. The lowest BCUT2D eigenvalue weighted by molar-refractivity contribution is 0.155. The first-order valence-electron chi connectivity index (χ1n) is 8.11. The molecule has 1 N–H and O–H groups in total. The number of hydrogen-bond acceptors (Lipinski definition) is 3. The molecule has 23 heavy (non-hydrogen) atoms. The van der Waals surface area contributed by atoms with Crippen LogP contribution >= 0.6 is 11.6 Å². The molecule has 0 amide bonds. The number of anilines is 1. The molecule has 120 valence electrons. The maximum atomic E-state index is 6.02. The summed E-state index contributed by atoms with van der Waals surface area (Å²) in [7, 11) is 0. The molecule has 0 unspecified atom stereocenters.